The third-order valence-corrected chi connectivity index (χ3v) is 2.65. The predicted octanol–water partition coefficient (Wildman–Crippen LogP) is 1.87. The highest BCUT2D eigenvalue weighted by molar-refractivity contribution is 6.32. The quantitative estimate of drug-likeness (QED) is 0.754. The fourth-order valence-corrected chi connectivity index (χ4v) is 1.85. The van der Waals surface area contributed by atoms with Crippen LogP contribution in [0.4, 0.5) is 0 Å². The smallest absolute Gasteiger partial charge is 0.244 e. The number of carbonyl (C=O) groups excluding carboxylic acids is 1. The molecule has 0 saturated heterocycles. The summed E-state index contributed by atoms with van der Waals surface area (Å²) < 4.78 is 10.6. The lowest BCUT2D eigenvalue weighted by molar-refractivity contribution is -0.116. The molecule has 0 saturated carbocycles. The van der Waals surface area contributed by atoms with E-state index in [2.05, 4.69) is 5.32 Å². The van der Waals surface area contributed by atoms with Gasteiger partial charge in [-0.1, -0.05) is 11.6 Å². The molecule has 0 aliphatic rings. The van der Waals surface area contributed by atoms with Crippen molar-refractivity contribution < 1.29 is 19.4 Å². The molecule has 0 aliphatic carbocycles. The zero-order valence-corrected chi connectivity index (χ0v) is 12.2. The van der Waals surface area contributed by atoms with Crippen molar-refractivity contribution >= 4 is 23.6 Å². The Balaban J connectivity index is 2.90. The van der Waals surface area contributed by atoms with E-state index < -0.39 is 0 Å². The highest BCUT2D eigenvalue weighted by atomic mass is 35.5. The van der Waals surface area contributed by atoms with Gasteiger partial charge in [0.25, 0.3) is 0 Å². The molecule has 0 atom stereocenters. The largest absolute Gasteiger partial charge is 0.491 e. The van der Waals surface area contributed by atoms with Gasteiger partial charge < -0.3 is 19.9 Å². The Kier molecular flexibility index (Phi) is 6.90. The summed E-state index contributed by atoms with van der Waals surface area (Å²) in [6.07, 6.45) is 2.98. The van der Waals surface area contributed by atoms with Crippen molar-refractivity contribution in [2.75, 3.05) is 26.9 Å². The van der Waals surface area contributed by atoms with Gasteiger partial charge >= 0.3 is 0 Å². The van der Waals surface area contributed by atoms with Crippen LogP contribution in [0.5, 0.6) is 11.5 Å². The van der Waals surface area contributed by atoms with Gasteiger partial charge in [-0.3, -0.25) is 4.79 Å². The topological polar surface area (TPSA) is 67.8 Å². The number of methoxy groups -OCH3 is 1. The summed E-state index contributed by atoms with van der Waals surface area (Å²) in [5.41, 5.74) is 0.721. The second kappa shape index (κ2) is 8.45. The van der Waals surface area contributed by atoms with E-state index in [1.165, 1.54) is 13.2 Å². The molecular formula is C14H18ClNO4. The summed E-state index contributed by atoms with van der Waals surface area (Å²) in [5.74, 6) is 0.706. The fourth-order valence-electron chi connectivity index (χ4n) is 1.56. The monoisotopic (exact) mass is 299 g/mol. The minimum atomic E-state index is -0.288. The summed E-state index contributed by atoms with van der Waals surface area (Å²) in [5, 5.41) is 11.5. The van der Waals surface area contributed by atoms with Gasteiger partial charge in [0.1, 0.15) is 0 Å². The van der Waals surface area contributed by atoms with Crippen molar-refractivity contribution in [1.29, 1.82) is 0 Å². The Labute approximate surface area is 123 Å². The number of ether oxygens (including phenoxy) is 2. The number of aliphatic hydroxyl groups is 1. The minimum absolute atomic E-state index is 0.0948. The number of amides is 1. The molecule has 110 valence electrons. The number of carbonyl (C=O) groups is 1. The van der Waals surface area contributed by atoms with Crippen LogP contribution >= 0.6 is 11.6 Å². The summed E-state index contributed by atoms with van der Waals surface area (Å²) >= 11 is 6.10. The van der Waals surface area contributed by atoms with Crippen molar-refractivity contribution in [3.63, 3.8) is 0 Å². The molecule has 1 rings (SSSR count). The van der Waals surface area contributed by atoms with E-state index >= 15 is 0 Å². The second-order valence-corrected chi connectivity index (χ2v) is 4.22. The Morgan fingerprint density at radius 2 is 2.25 bits per heavy atom. The van der Waals surface area contributed by atoms with Crippen molar-refractivity contribution in [1.82, 2.24) is 5.32 Å². The first-order chi connectivity index (χ1) is 9.62. The van der Waals surface area contributed by atoms with Crippen molar-refractivity contribution in [2.45, 2.75) is 6.92 Å². The molecule has 0 bridgehead atoms. The lowest BCUT2D eigenvalue weighted by Gasteiger charge is -2.11. The molecule has 0 fully saturated rings. The summed E-state index contributed by atoms with van der Waals surface area (Å²) in [6.45, 7) is 2.47. The maximum atomic E-state index is 11.4. The van der Waals surface area contributed by atoms with Crippen LogP contribution in [-0.2, 0) is 4.79 Å². The highest BCUT2D eigenvalue weighted by Gasteiger charge is 2.10. The van der Waals surface area contributed by atoms with Gasteiger partial charge in [-0.05, 0) is 30.7 Å². The molecule has 0 aliphatic heterocycles. The van der Waals surface area contributed by atoms with Gasteiger partial charge in [0.2, 0.25) is 5.91 Å². The van der Waals surface area contributed by atoms with E-state index in [1.807, 2.05) is 6.92 Å². The minimum Gasteiger partial charge on any atom is -0.491 e. The van der Waals surface area contributed by atoms with Crippen LogP contribution in [-0.4, -0.2) is 37.9 Å². The summed E-state index contributed by atoms with van der Waals surface area (Å²) in [6, 6.07) is 3.42. The molecular weight excluding hydrogens is 282 g/mol. The number of halogens is 1. The molecule has 0 spiro atoms. The van der Waals surface area contributed by atoms with E-state index in [-0.39, 0.29) is 19.1 Å². The zero-order valence-electron chi connectivity index (χ0n) is 11.5. The Bertz CT molecular complexity index is 488. The first-order valence-electron chi connectivity index (χ1n) is 6.19. The van der Waals surface area contributed by atoms with Crippen LogP contribution in [0.15, 0.2) is 18.2 Å². The average molecular weight is 300 g/mol. The van der Waals surface area contributed by atoms with Crippen LogP contribution in [0.2, 0.25) is 5.02 Å². The standard InChI is InChI=1S/C14H18ClNO4/c1-3-20-12-9-10(8-11(15)14(12)19-2)4-5-13(18)16-6-7-17/h4-5,8-9,17H,3,6-7H2,1-2H3,(H,16,18)/b5-4+. The number of nitrogens with one attached hydrogen (secondary N) is 1. The van der Waals surface area contributed by atoms with Crippen molar-refractivity contribution in [3.8, 4) is 11.5 Å². The van der Waals surface area contributed by atoms with E-state index in [0.29, 0.717) is 23.1 Å². The van der Waals surface area contributed by atoms with Crippen LogP contribution in [0.25, 0.3) is 6.08 Å². The van der Waals surface area contributed by atoms with Crippen molar-refractivity contribution in [3.05, 3.63) is 28.8 Å². The lowest BCUT2D eigenvalue weighted by Crippen LogP contribution is -2.24. The first kappa shape index (κ1) is 16.3. The molecule has 20 heavy (non-hydrogen) atoms. The number of hydrogen-bond acceptors (Lipinski definition) is 4. The highest BCUT2D eigenvalue weighted by Crippen LogP contribution is 2.36. The molecule has 0 radical (unpaired) electrons. The van der Waals surface area contributed by atoms with Gasteiger partial charge in [0.15, 0.2) is 11.5 Å². The molecule has 0 aromatic heterocycles. The van der Waals surface area contributed by atoms with E-state index in [1.54, 1.807) is 18.2 Å². The molecule has 1 aromatic carbocycles. The van der Waals surface area contributed by atoms with Crippen molar-refractivity contribution in [2.24, 2.45) is 0 Å². The third kappa shape index (κ3) is 4.75. The Hall–Kier alpha value is -1.72. The zero-order chi connectivity index (χ0) is 15.0. The molecule has 1 amide bonds. The summed E-state index contributed by atoms with van der Waals surface area (Å²) in [7, 11) is 1.52. The van der Waals surface area contributed by atoms with Gasteiger partial charge in [-0.25, -0.2) is 0 Å². The maximum Gasteiger partial charge on any atom is 0.244 e. The van der Waals surface area contributed by atoms with Gasteiger partial charge in [-0.2, -0.15) is 0 Å². The SMILES string of the molecule is CCOc1cc(/C=C/C(=O)NCCO)cc(Cl)c1OC. The van der Waals surface area contributed by atoms with E-state index in [4.69, 9.17) is 26.2 Å². The molecule has 0 heterocycles. The van der Waals surface area contributed by atoms with Gasteiger partial charge in [0.05, 0.1) is 25.3 Å². The second-order valence-electron chi connectivity index (χ2n) is 3.82. The lowest BCUT2D eigenvalue weighted by atomic mass is 10.2. The van der Waals surface area contributed by atoms with E-state index in [0.717, 1.165) is 5.56 Å². The van der Waals surface area contributed by atoms with E-state index in [9.17, 15) is 4.79 Å². The first-order valence-corrected chi connectivity index (χ1v) is 6.57. The number of benzene rings is 1. The van der Waals surface area contributed by atoms with Crippen LogP contribution in [0.1, 0.15) is 12.5 Å². The predicted molar refractivity (Wildman–Crippen MR) is 78.3 cm³/mol. The number of hydrogen-bond donors (Lipinski definition) is 2. The molecule has 0 unspecified atom stereocenters. The van der Waals surface area contributed by atoms with Gasteiger partial charge in [0, 0.05) is 12.6 Å². The number of rotatable bonds is 7. The molecule has 2 N–H and O–H groups in total. The number of aliphatic hydroxyl groups excluding tert-OH is 1. The fraction of sp³-hybridized carbons (Fsp3) is 0.357. The van der Waals surface area contributed by atoms with Crippen LogP contribution in [0, 0.1) is 0 Å². The molecule has 6 heteroatoms. The summed E-state index contributed by atoms with van der Waals surface area (Å²) in [4.78, 5) is 11.4. The normalized spacial score (nSPS) is 10.6. The van der Waals surface area contributed by atoms with Crippen LogP contribution < -0.4 is 14.8 Å². The Morgan fingerprint density at radius 1 is 1.50 bits per heavy atom. The Morgan fingerprint density at radius 3 is 2.85 bits per heavy atom. The molecule has 5 nitrogen and oxygen atoms in total. The van der Waals surface area contributed by atoms with Gasteiger partial charge in [-0.15, -0.1) is 0 Å². The average Bonchev–Trinajstić information content (AvgIpc) is 2.43. The molecule has 1 aromatic rings. The van der Waals surface area contributed by atoms with Crippen LogP contribution in [0.3, 0.4) is 0 Å². The third-order valence-electron chi connectivity index (χ3n) is 2.37. The maximum absolute atomic E-state index is 11.4.